The largest absolute Gasteiger partial charge is 0.859 e. The van der Waals surface area contributed by atoms with Crippen LogP contribution >= 0.6 is 11.6 Å². The van der Waals surface area contributed by atoms with Gasteiger partial charge in [0.2, 0.25) is 0 Å². The van der Waals surface area contributed by atoms with E-state index < -0.39 is 17.1 Å². The molecule has 0 bridgehead atoms. The van der Waals surface area contributed by atoms with Gasteiger partial charge in [-0.15, -0.1) is 0 Å². The van der Waals surface area contributed by atoms with Crippen LogP contribution < -0.4 is 21.3 Å². The Morgan fingerprint density at radius 2 is 1.96 bits per heavy atom. The smallest absolute Gasteiger partial charge is 0.332 e. The molecule has 8 heteroatoms. The number of quaternary nitrogens is 1. The maximum absolute atomic E-state index is 12.6. The van der Waals surface area contributed by atoms with Gasteiger partial charge in [0.05, 0.1) is 35.9 Å². The summed E-state index contributed by atoms with van der Waals surface area (Å²) in [5, 5.41) is 12.9. The molecule has 0 aliphatic heterocycles. The van der Waals surface area contributed by atoms with Crippen LogP contribution in [0, 0.1) is 0 Å². The zero-order chi connectivity index (χ0) is 19.1. The second kappa shape index (κ2) is 9.35. The van der Waals surface area contributed by atoms with Gasteiger partial charge in [-0.3, -0.25) is 19.3 Å². The number of hydrogen-bond donors (Lipinski definition) is 2. The van der Waals surface area contributed by atoms with E-state index in [1.165, 1.54) is 17.2 Å². The van der Waals surface area contributed by atoms with E-state index in [9.17, 15) is 14.7 Å². The number of nitrogens with zero attached hydrogens (tertiary/aromatic N) is 2. The summed E-state index contributed by atoms with van der Waals surface area (Å²) in [5.74, 6) is -0.732. The first kappa shape index (κ1) is 19.9. The lowest BCUT2D eigenvalue weighted by Gasteiger charge is -2.18. The van der Waals surface area contributed by atoms with Gasteiger partial charge in [0.1, 0.15) is 0 Å². The van der Waals surface area contributed by atoms with Crippen molar-refractivity contribution in [3.8, 4) is 11.6 Å². The van der Waals surface area contributed by atoms with E-state index in [2.05, 4.69) is 23.8 Å². The summed E-state index contributed by atoms with van der Waals surface area (Å²) in [6.07, 6.45) is 2.09. The Bertz CT molecular complexity index is 885. The highest BCUT2D eigenvalue weighted by Gasteiger charge is 2.10. The van der Waals surface area contributed by atoms with Gasteiger partial charge in [0.15, 0.2) is 0 Å². The van der Waals surface area contributed by atoms with Crippen molar-refractivity contribution in [2.75, 3.05) is 26.2 Å². The fourth-order valence-corrected chi connectivity index (χ4v) is 2.90. The van der Waals surface area contributed by atoms with Gasteiger partial charge < -0.3 is 10.0 Å². The lowest BCUT2D eigenvalue weighted by atomic mass is 10.3. The summed E-state index contributed by atoms with van der Waals surface area (Å²) in [6, 6.07) is 6.45. The van der Waals surface area contributed by atoms with Gasteiger partial charge in [0, 0.05) is 19.2 Å². The van der Waals surface area contributed by atoms with Crippen LogP contribution in [0.25, 0.3) is 5.69 Å². The molecule has 0 fully saturated rings. The normalized spacial score (nSPS) is 11.5. The van der Waals surface area contributed by atoms with Crippen LogP contribution in [-0.4, -0.2) is 41.9 Å². The first-order valence-electron chi connectivity index (χ1n) is 8.64. The molecule has 0 spiro atoms. The summed E-state index contributed by atoms with van der Waals surface area (Å²) in [4.78, 5) is 31.9. The summed E-state index contributed by atoms with van der Waals surface area (Å²) in [5.41, 5.74) is -1.53. The average molecular weight is 379 g/mol. The first-order valence-corrected chi connectivity index (χ1v) is 9.02. The maximum atomic E-state index is 12.6. The average Bonchev–Trinajstić information content (AvgIpc) is 2.62. The number of nitrogens with one attached hydrogen (secondary N) is 2. The second-order valence-corrected chi connectivity index (χ2v) is 6.27. The van der Waals surface area contributed by atoms with E-state index in [-0.39, 0.29) is 16.3 Å². The van der Waals surface area contributed by atoms with Crippen LogP contribution in [-0.2, 0) is 0 Å². The number of halogens is 1. The topological polar surface area (TPSA) is 94.7 Å². The third kappa shape index (κ3) is 4.62. The fourth-order valence-electron chi connectivity index (χ4n) is 2.68. The Balaban J connectivity index is 2.26. The third-order valence-electron chi connectivity index (χ3n) is 4.23. The molecule has 1 heterocycles. The van der Waals surface area contributed by atoms with E-state index in [1.807, 2.05) is 0 Å². The van der Waals surface area contributed by atoms with Crippen molar-refractivity contribution in [1.82, 2.24) is 9.55 Å². The molecule has 0 unspecified atom stereocenters. The molecule has 2 N–H and O–H groups in total. The third-order valence-corrected chi connectivity index (χ3v) is 4.55. The molecule has 0 aliphatic carbocycles. The number of aromatic nitrogens is 2. The molecule has 0 radical (unpaired) electrons. The molecule has 0 aliphatic rings. The van der Waals surface area contributed by atoms with Crippen molar-refractivity contribution in [3.05, 3.63) is 55.7 Å². The first-order chi connectivity index (χ1) is 12.5. The molecular weight excluding hydrogens is 356 g/mol. The Kier molecular flexibility index (Phi) is 7.17. The molecule has 0 atom stereocenters. The molecule has 0 amide bonds. The summed E-state index contributed by atoms with van der Waals surface area (Å²) >= 11 is 6.07. The summed E-state index contributed by atoms with van der Waals surface area (Å²) < 4.78 is 0.852. The number of aliphatic imine (C=N–C) groups is 1. The van der Waals surface area contributed by atoms with Gasteiger partial charge >= 0.3 is 5.69 Å². The van der Waals surface area contributed by atoms with Crippen LogP contribution in [0.1, 0.15) is 25.8 Å². The van der Waals surface area contributed by atoms with E-state index in [1.54, 1.807) is 18.2 Å². The lowest BCUT2D eigenvalue weighted by molar-refractivity contribution is -0.896. The Morgan fingerprint density at radius 1 is 1.27 bits per heavy atom. The zero-order valence-electron chi connectivity index (χ0n) is 14.9. The molecule has 7 nitrogen and oxygen atoms in total. The van der Waals surface area contributed by atoms with Gasteiger partial charge in [-0.05, 0) is 31.9 Å². The molecule has 1 aromatic carbocycles. The van der Waals surface area contributed by atoms with E-state index in [0.29, 0.717) is 6.54 Å². The van der Waals surface area contributed by atoms with Crippen molar-refractivity contribution in [2.24, 2.45) is 4.99 Å². The highest BCUT2D eigenvalue weighted by Crippen LogP contribution is 2.21. The van der Waals surface area contributed by atoms with Crippen molar-refractivity contribution in [2.45, 2.75) is 20.3 Å². The van der Waals surface area contributed by atoms with E-state index in [0.717, 1.165) is 30.6 Å². The molecule has 2 aromatic rings. The summed E-state index contributed by atoms with van der Waals surface area (Å²) in [6.45, 7) is 7.84. The highest BCUT2D eigenvalue weighted by atomic mass is 35.5. The predicted octanol–water partition coefficient (Wildman–Crippen LogP) is -0.0135. The van der Waals surface area contributed by atoms with Gasteiger partial charge in [0.25, 0.3) is 5.56 Å². The Hall–Kier alpha value is -2.38. The molecule has 0 saturated carbocycles. The van der Waals surface area contributed by atoms with Crippen molar-refractivity contribution in [3.63, 3.8) is 0 Å². The highest BCUT2D eigenvalue weighted by molar-refractivity contribution is 6.32. The van der Waals surface area contributed by atoms with Crippen LogP contribution in [0.2, 0.25) is 5.02 Å². The van der Waals surface area contributed by atoms with Crippen LogP contribution in [0.4, 0.5) is 0 Å². The number of benzene rings is 1. The van der Waals surface area contributed by atoms with Crippen molar-refractivity contribution in [1.29, 1.82) is 0 Å². The standard InChI is InChI=1S/C18H23ClN4O3/c1-3-22(4-2)11-7-10-20-12-13-16(24)21-18(26)23(17(13)25)15-9-6-5-8-14(15)19/h5-6,8-9,12,25H,3-4,7,10-11H2,1-2H3,(H,21,24,26). The minimum absolute atomic E-state index is 0.181. The van der Waals surface area contributed by atoms with Gasteiger partial charge in [-0.25, -0.2) is 4.79 Å². The molecular formula is C18H23ClN4O3. The van der Waals surface area contributed by atoms with E-state index in [4.69, 9.17) is 11.6 Å². The predicted molar refractivity (Wildman–Crippen MR) is 101 cm³/mol. The fraction of sp³-hybridized carbons (Fsp3) is 0.389. The SMILES string of the molecule is CC[NH+](CC)CCCN=Cc1c([O-])n(-c2ccccc2Cl)c(=O)[nH]c1=O. The van der Waals surface area contributed by atoms with Crippen molar-refractivity contribution >= 4 is 17.8 Å². The zero-order valence-corrected chi connectivity index (χ0v) is 15.7. The molecule has 140 valence electrons. The minimum Gasteiger partial charge on any atom is -0.859 e. The quantitative estimate of drug-likeness (QED) is 0.499. The van der Waals surface area contributed by atoms with Crippen LogP contribution in [0.5, 0.6) is 5.88 Å². The number of hydrogen-bond acceptors (Lipinski definition) is 4. The van der Waals surface area contributed by atoms with Crippen LogP contribution in [0.3, 0.4) is 0 Å². The number of aromatic amines is 1. The molecule has 1 aromatic heterocycles. The number of H-pyrrole nitrogens is 1. The van der Waals surface area contributed by atoms with E-state index >= 15 is 0 Å². The Morgan fingerprint density at radius 3 is 2.62 bits per heavy atom. The summed E-state index contributed by atoms with van der Waals surface area (Å²) in [7, 11) is 0. The van der Waals surface area contributed by atoms with Crippen molar-refractivity contribution < 1.29 is 10.0 Å². The monoisotopic (exact) mass is 378 g/mol. The van der Waals surface area contributed by atoms with Gasteiger partial charge in [-0.2, -0.15) is 0 Å². The molecule has 26 heavy (non-hydrogen) atoms. The maximum Gasteiger partial charge on any atom is 0.332 e. The molecule has 2 rings (SSSR count). The number of para-hydroxylation sites is 1. The second-order valence-electron chi connectivity index (χ2n) is 5.86. The number of rotatable bonds is 8. The molecule has 0 saturated heterocycles. The Labute approximate surface area is 156 Å². The minimum atomic E-state index is -0.824. The van der Waals surface area contributed by atoms with Gasteiger partial charge in [-0.1, -0.05) is 23.7 Å². The van der Waals surface area contributed by atoms with Crippen LogP contribution in [0.15, 0.2) is 38.8 Å². The lowest BCUT2D eigenvalue weighted by Crippen LogP contribution is -3.11.